The fraction of sp³-hybridized carbons (Fsp3) is 0.276. The van der Waals surface area contributed by atoms with Crippen LogP contribution in [0.1, 0.15) is 64.6 Å². The normalized spacial score (nSPS) is 14.4. The minimum Gasteiger partial charge on any atom is -0.308 e. The number of aromatic nitrogens is 7. The van der Waals surface area contributed by atoms with E-state index in [1.165, 1.54) is 39.0 Å². The van der Waals surface area contributed by atoms with Gasteiger partial charge >= 0.3 is 0 Å². The number of nitrogens with zero attached hydrogens (tertiary/aromatic N) is 6. The van der Waals surface area contributed by atoms with E-state index in [9.17, 15) is 0 Å². The number of tetrazole rings is 1. The molecular formula is C29H29N7. The van der Waals surface area contributed by atoms with Gasteiger partial charge in [0, 0.05) is 17.7 Å². The summed E-state index contributed by atoms with van der Waals surface area (Å²) in [5.74, 6) is 1.77. The molecule has 5 aromatic rings. The monoisotopic (exact) mass is 475 g/mol. The van der Waals surface area contributed by atoms with Crippen LogP contribution in [0.5, 0.6) is 0 Å². The SMILES string of the molecule is CCc1nc2c(C)cc(C)nc2n1Cc1ccc2c(c1)CCc1ccccc1/C2=C(/C)c1nnn[nH]1. The lowest BCUT2D eigenvalue weighted by atomic mass is 9.89. The summed E-state index contributed by atoms with van der Waals surface area (Å²) >= 11 is 0. The molecule has 0 unspecified atom stereocenters. The van der Waals surface area contributed by atoms with Gasteiger partial charge in [-0.1, -0.05) is 49.4 Å². The standard InChI is InChI=1S/C29H29N7/c1-5-25-31-27-17(2)14-18(3)30-29(27)36(25)16-20-10-13-24-22(15-20)12-11-21-8-6-7-9-23(21)26(24)19(4)28-32-34-35-33-28/h6-10,13-15H,5,11-12,16H2,1-4H3,(H,32,33,34,35)/b26-19+. The van der Waals surface area contributed by atoms with Crippen LogP contribution >= 0.6 is 0 Å². The van der Waals surface area contributed by atoms with Gasteiger partial charge in [0.05, 0.1) is 6.54 Å². The van der Waals surface area contributed by atoms with Gasteiger partial charge in [0.1, 0.15) is 11.3 Å². The Bertz CT molecular complexity index is 1620. The highest BCUT2D eigenvalue weighted by atomic mass is 15.5. The Labute approximate surface area is 210 Å². The Morgan fingerprint density at radius 3 is 2.58 bits per heavy atom. The topological polar surface area (TPSA) is 85.2 Å². The molecule has 0 spiro atoms. The zero-order valence-corrected chi connectivity index (χ0v) is 21.1. The fourth-order valence-electron chi connectivity index (χ4n) is 5.50. The number of allylic oxidation sites excluding steroid dienone is 1. The number of aromatic amines is 1. The number of hydrogen-bond donors (Lipinski definition) is 1. The molecule has 1 aliphatic carbocycles. The molecule has 0 amide bonds. The molecule has 1 aliphatic rings. The van der Waals surface area contributed by atoms with Gasteiger partial charge in [-0.05, 0) is 89.1 Å². The van der Waals surface area contributed by atoms with E-state index in [4.69, 9.17) is 9.97 Å². The molecule has 3 aromatic heterocycles. The molecule has 7 nitrogen and oxygen atoms in total. The maximum Gasteiger partial charge on any atom is 0.175 e. The third-order valence-corrected chi connectivity index (χ3v) is 7.22. The number of benzene rings is 2. The molecular weight excluding hydrogens is 446 g/mol. The molecule has 2 aromatic carbocycles. The molecule has 0 saturated heterocycles. The highest BCUT2D eigenvalue weighted by Crippen LogP contribution is 2.38. The molecule has 0 fully saturated rings. The van der Waals surface area contributed by atoms with Crippen LogP contribution in [0.15, 0.2) is 48.5 Å². The summed E-state index contributed by atoms with van der Waals surface area (Å²) in [6, 6.07) is 17.7. The van der Waals surface area contributed by atoms with Crippen LogP contribution in [0.3, 0.4) is 0 Å². The first-order chi connectivity index (χ1) is 17.5. The second kappa shape index (κ2) is 8.82. The summed E-state index contributed by atoms with van der Waals surface area (Å²) < 4.78 is 2.28. The number of rotatable bonds is 4. The van der Waals surface area contributed by atoms with Crippen molar-refractivity contribution in [3.8, 4) is 0 Å². The van der Waals surface area contributed by atoms with E-state index < -0.39 is 0 Å². The van der Waals surface area contributed by atoms with Gasteiger partial charge < -0.3 is 4.57 Å². The van der Waals surface area contributed by atoms with E-state index in [1.54, 1.807) is 0 Å². The maximum absolute atomic E-state index is 4.93. The van der Waals surface area contributed by atoms with E-state index in [2.05, 4.69) is 101 Å². The minimum absolute atomic E-state index is 0.700. The first kappa shape index (κ1) is 22.3. The number of imidazole rings is 1. The van der Waals surface area contributed by atoms with Gasteiger partial charge in [-0.3, -0.25) is 0 Å². The number of hydrogen-bond acceptors (Lipinski definition) is 5. The van der Waals surface area contributed by atoms with Crippen molar-refractivity contribution in [1.29, 1.82) is 0 Å². The van der Waals surface area contributed by atoms with Crippen molar-refractivity contribution in [2.45, 2.75) is 53.5 Å². The van der Waals surface area contributed by atoms with Crippen LogP contribution in [0.25, 0.3) is 22.3 Å². The summed E-state index contributed by atoms with van der Waals surface area (Å²) in [6.45, 7) is 9.18. The molecule has 7 heteroatoms. The lowest BCUT2D eigenvalue weighted by molar-refractivity contribution is 0.744. The van der Waals surface area contributed by atoms with Gasteiger partial charge in [0.2, 0.25) is 0 Å². The predicted octanol–water partition coefficient (Wildman–Crippen LogP) is 5.25. The Kier molecular flexibility index (Phi) is 5.48. The zero-order chi connectivity index (χ0) is 24.8. The predicted molar refractivity (Wildman–Crippen MR) is 142 cm³/mol. The van der Waals surface area contributed by atoms with Crippen molar-refractivity contribution in [2.75, 3.05) is 0 Å². The smallest absolute Gasteiger partial charge is 0.175 e. The average Bonchev–Trinajstić information content (AvgIpc) is 3.50. The van der Waals surface area contributed by atoms with Crippen LogP contribution in [0.4, 0.5) is 0 Å². The van der Waals surface area contributed by atoms with Crippen molar-refractivity contribution >= 4 is 22.3 Å². The molecule has 6 rings (SSSR count). The largest absolute Gasteiger partial charge is 0.308 e. The molecule has 1 N–H and O–H groups in total. The van der Waals surface area contributed by atoms with Crippen molar-refractivity contribution in [1.82, 2.24) is 35.2 Å². The third kappa shape index (κ3) is 3.71. The van der Waals surface area contributed by atoms with Gasteiger partial charge in [-0.25, -0.2) is 15.1 Å². The van der Waals surface area contributed by atoms with Crippen molar-refractivity contribution in [2.24, 2.45) is 0 Å². The molecule has 0 saturated carbocycles. The quantitative estimate of drug-likeness (QED) is 0.384. The lowest BCUT2D eigenvalue weighted by Gasteiger charge is -2.16. The van der Waals surface area contributed by atoms with Gasteiger partial charge in [0.25, 0.3) is 0 Å². The molecule has 3 heterocycles. The molecule has 0 aliphatic heterocycles. The lowest BCUT2D eigenvalue weighted by Crippen LogP contribution is -2.07. The summed E-state index contributed by atoms with van der Waals surface area (Å²) in [4.78, 5) is 9.80. The molecule has 0 radical (unpaired) electrons. The van der Waals surface area contributed by atoms with E-state index in [1.807, 2.05) is 0 Å². The Hall–Kier alpha value is -4.13. The maximum atomic E-state index is 4.93. The third-order valence-electron chi connectivity index (χ3n) is 7.22. The van der Waals surface area contributed by atoms with Crippen LogP contribution in [0.2, 0.25) is 0 Å². The van der Waals surface area contributed by atoms with Gasteiger partial charge in [-0.2, -0.15) is 0 Å². The van der Waals surface area contributed by atoms with Crippen LogP contribution in [-0.4, -0.2) is 35.2 Å². The fourth-order valence-corrected chi connectivity index (χ4v) is 5.50. The zero-order valence-electron chi connectivity index (χ0n) is 21.1. The van der Waals surface area contributed by atoms with E-state index >= 15 is 0 Å². The van der Waals surface area contributed by atoms with Crippen molar-refractivity contribution in [3.05, 3.63) is 99.3 Å². The average molecular weight is 476 g/mol. The number of aryl methyl sites for hydroxylation is 5. The van der Waals surface area contributed by atoms with E-state index in [0.717, 1.165) is 54.1 Å². The highest BCUT2D eigenvalue weighted by molar-refractivity contribution is 5.98. The van der Waals surface area contributed by atoms with Crippen LogP contribution in [0, 0.1) is 13.8 Å². The Morgan fingerprint density at radius 1 is 0.972 bits per heavy atom. The van der Waals surface area contributed by atoms with Gasteiger partial charge in [-0.15, -0.1) is 5.10 Å². The first-order valence-corrected chi connectivity index (χ1v) is 12.5. The number of fused-ring (bicyclic) bond motifs is 3. The van der Waals surface area contributed by atoms with Crippen LogP contribution < -0.4 is 0 Å². The Balaban J connectivity index is 1.48. The highest BCUT2D eigenvalue weighted by Gasteiger charge is 2.22. The molecule has 0 bridgehead atoms. The number of H-pyrrole nitrogens is 1. The molecule has 36 heavy (non-hydrogen) atoms. The number of pyridine rings is 1. The van der Waals surface area contributed by atoms with Gasteiger partial charge in [0.15, 0.2) is 11.5 Å². The number of nitrogens with one attached hydrogen (secondary N) is 1. The summed E-state index contributed by atoms with van der Waals surface area (Å²) in [5, 5.41) is 14.8. The second-order valence-corrected chi connectivity index (χ2v) is 9.62. The first-order valence-electron chi connectivity index (χ1n) is 12.5. The molecule has 0 atom stereocenters. The minimum atomic E-state index is 0.700. The second-order valence-electron chi connectivity index (χ2n) is 9.62. The van der Waals surface area contributed by atoms with Crippen molar-refractivity contribution < 1.29 is 0 Å². The van der Waals surface area contributed by atoms with E-state index in [-0.39, 0.29) is 0 Å². The summed E-state index contributed by atoms with van der Waals surface area (Å²) in [5.41, 5.74) is 12.9. The Morgan fingerprint density at radius 2 is 1.78 bits per heavy atom. The summed E-state index contributed by atoms with van der Waals surface area (Å²) in [7, 11) is 0. The van der Waals surface area contributed by atoms with Crippen LogP contribution in [-0.2, 0) is 25.8 Å². The van der Waals surface area contributed by atoms with Crippen molar-refractivity contribution in [3.63, 3.8) is 0 Å². The molecule has 180 valence electrons. The van der Waals surface area contributed by atoms with E-state index in [0.29, 0.717) is 5.82 Å². The summed E-state index contributed by atoms with van der Waals surface area (Å²) in [6.07, 6.45) is 2.84.